The Kier molecular flexibility index (Phi) is 7.25. The first-order valence-corrected chi connectivity index (χ1v) is 23.5. The van der Waals surface area contributed by atoms with Gasteiger partial charge >= 0.3 is 0 Å². The first kappa shape index (κ1) is 36.8. The molecule has 0 aliphatic rings. The van der Waals surface area contributed by atoms with Crippen LogP contribution in [-0.2, 0) is 0 Å². The standard InChI is InChI=1S/C63H36N6/c1-7-37-16-19-40-25-46(43-10-4-22-64-34-43)28-55-61(40)58(37)52(13-1)67(55)49-31-50(68-53-14-2-8-38-17-20-41-26-47(44-11-5-23-65-35-44)29-56(68)62(41)59(38)53)33-51(32-49)69-54-15-3-9-39-18-21-42-27-48(45-12-6-24-66-36-45)30-57(69)63(42)60(39)54/h1-36H. The number of aromatic nitrogens is 6. The highest BCUT2D eigenvalue weighted by atomic mass is 15.0. The SMILES string of the molecule is c1cncc(-c2cc3ccc4cccc5c4c3c(c2)n5-c2cc(-n3c4cccc5ccc6cc(-c7cccnc7)cc3c6c54)cc(-n3c4cccc5ccc6cc(-c7cccnc7)cc3c6c54)c2)c1. The Bertz CT molecular complexity index is 4210. The van der Waals surface area contributed by atoms with Gasteiger partial charge in [-0.2, -0.15) is 0 Å². The van der Waals surface area contributed by atoms with Gasteiger partial charge in [-0.05, 0) is 140 Å². The Morgan fingerprint density at radius 2 is 0.536 bits per heavy atom. The van der Waals surface area contributed by atoms with Gasteiger partial charge in [0, 0.05) is 86.2 Å². The van der Waals surface area contributed by atoms with Gasteiger partial charge in [0.25, 0.3) is 0 Å². The predicted octanol–water partition coefficient (Wildman–Crippen LogP) is 15.9. The summed E-state index contributed by atoms with van der Waals surface area (Å²) < 4.78 is 7.53. The molecule has 0 atom stereocenters. The molecule has 6 heterocycles. The third-order valence-electron chi connectivity index (χ3n) is 14.8. The molecule has 0 saturated carbocycles. The molecule has 0 aliphatic carbocycles. The zero-order chi connectivity index (χ0) is 44.9. The van der Waals surface area contributed by atoms with Gasteiger partial charge in [0.1, 0.15) is 0 Å². The van der Waals surface area contributed by atoms with Crippen LogP contribution in [0.15, 0.2) is 219 Å². The summed E-state index contributed by atoms with van der Waals surface area (Å²) in [6.07, 6.45) is 11.4. The summed E-state index contributed by atoms with van der Waals surface area (Å²) in [5.41, 5.74) is 16.8. The van der Waals surface area contributed by atoms with E-state index in [4.69, 9.17) is 0 Å². The van der Waals surface area contributed by atoms with Gasteiger partial charge < -0.3 is 13.7 Å². The number of hydrogen-bond donors (Lipinski definition) is 0. The Hall–Kier alpha value is -9.39. The lowest BCUT2D eigenvalue weighted by atomic mass is 9.98. The molecule has 16 aromatic rings. The van der Waals surface area contributed by atoms with Gasteiger partial charge in [0.2, 0.25) is 0 Å². The molecule has 6 nitrogen and oxygen atoms in total. The topological polar surface area (TPSA) is 53.5 Å². The summed E-state index contributed by atoms with van der Waals surface area (Å²) in [6, 6.07) is 67.7. The van der Waals surface area contributed by atoms with E-state index in [0.29, 0.717) is 0 Å². The molecule has 16 rings (SSSR count). The van der Waals surface area contributed by atoms with E-state index >= 15 is 0 Å². The second kappa shape index (κ2) is 13.6. The van der Waals surface area contributed by atoms with E-state index < -0.39 is 0 Å². The summed E-state index contributed by atoms with van der Waals surface area (Å²) in [7, 11) is 0. The van der Waals surface area contributed by atoms with Crippen molar-refractivity contribution in [1.82, 2.24) is 28.7 Å². The fraction of sp³-hybridized carbons (Fsp3) is 0. The Morgan fingerprint density at radius 3 is 0.841 bits per heavy atom. The highest BCUT2D eigenvalue weighted by molar-refractivity contribution is 6.27. The largest absolute Gasteiger partial charge is 0.309 e. The zero-order valence-corrected chi connectivity index (χ0v) is 37.0. The third-order valence-corrected chi connectivity index (χ3v) is 14.8. The van der Waals surface area contributed by atoms with Crippen LogP contribution in [0, 0.1) is 0 Å². The van der Waals surface area contributed by atoms with E-state index in [1.54, 1.807) is 0 Å². The smallest absolute Gasteiger partial charge is 0.0553 e. The quantitative estimate of drug-likeness (QED) is 0.156. The molecular weight excluding hydrogens is 841 g/mol. The van der Waals surface area contributed by atoms with Crippen LogP contribution in [0.1, 0.15) is 0 Å². The molecular formula is C63H36N6. The van der Waals surface area contributed by atoms with Gasteiger partial charge in [-0.25, -0.2) is 0 Å². The molecule has 0 saturated heterocycles. The molecule has 10 aromatic carbocycles. The minimum atomic E-state index is 1.07. The van der Waals surface area contributed by atoms with E-state index in [0.717, 1.165) is 67.0 Å². The number of benzene rings is 10. The first-order chi connectivity index (χ1) is 34.2. The number of rotatable bonds is 6. The summed E-state index contributed by atoms with van der Waals surface area (Å²) in [5.74, 6) is 0. The molecule has 0 aliphatic heterocycles. The molecule has 0 radical (unpaired) electrons. The molecule has 6 aromatic heterocycles. The lowest BCUT2D eigenvalue weighted by Gasteiger charge is -2.18. The summed E-state index contributed by atoms with van der Waals surface area (Å²) in [4.78, 5) is 13.6. The minimum Gasteiger partial charge on any atom is -0.309 e. The Morgan fingerprint density at radius 1 is 0.232 bits per heavy atom. The van der Waals surface area contributed by atoms with E-state index in [-0.39, 0.29) is 0 Å². The van der Waals surface area contributed by atoms with Crippen LogP contribution in [0.25, 0.3) is 148 Å². The van der Waals surface area contributed by atoms with Crippen LogP contribution >= 0.6 is 0 Å². The van der Waals surface area contributed by atoms with Crippen molar-refractivity contribution in [3.8, 4) is 50.4 Å². The Balaban J connectivity index is 1.08. The van der Waals surface area contributed by atoms with Gasteiger partial charge in [0.15, 0.2) is 0 Å². The van der Waals surface area contributed by atoms with Crippen molar-refractivity contribution >= 4 is 97.7 Å². The third kappa shape index (κ3) is 5.12. The normalized spacial score (nSPS) is 12.3. The summed E-state index contributed by atoms with van der Waals surface area (Å²) in [5, 5.41) is 14.9. The number of hydrogen-bond acceptors (Lipinski definition) is 3. The molecule has 0 N–H and O–H groups in total. The number of nitrogens with zero attached hydrogens (tertiary/aromatic N) is 6. The molecule has 69 heavy (non-hydrogen) atoms. The molecule has 0 unspecified atom stereocenters. The van der Waals surface area contributed by atoms with Crippen molar-refractivity contribution in [2.24, 2.45) is 0 Å². The minimum absolute atomic E-state index is 1.07. The molecule has 0 bridgehead atoms. The van der Waals surface area contributed by atoms with Crippen molar-refractivity contribution < 1.29 is 0 Å². The fourth-order valence-electron chi connectivity index (χ4n) is 12.0. The molecule has 318 valence electrons. The van der Waals surface area contributed by atoms with Crippen LogP contribution in [0.2, 0.25) is 0 Å². The average Bonchev–Trinajstić information content (AvgIpc) is 4.07. The van der Waals surface area contributed by atoms with Gasteiger partial charge in [0.05, 0.1) is 50.2 Å². The van der Waals surface area contributed by atoms with Crippen LogP contribution in [-0.4, -0.2) is 28.7 Å². The van der Waals surface area contributed by atoms with E-state index in [1.165, 1.54) is 81.2 Å². The second-order valence-electron chi connectivity index (χ2n) is 18.5. The van der Waals surface area contributed by atoms with Gasteiger partial charge in [-0.15, -0.1) is 0 Å². The monoisotopic (exact) mass is 876 g/mol. The van der Waals surface area contributed by atoms with Crippen LogP contribution < -0.4 is 0 Å². The fourth-order valence-corrected chi connectivity index (χ4v) is 12.0. The lowest BCUT2D eigenvalue weighted by Crippen LogP contribution is -2.03. The van der Waals surface area contributed by atoms with Crippen LogP contribution in [0.5, 0.6) is 0 Å². The predicted molar refractivity (Wildman–Crippen MR) is 285 cm³/mol. The number of pyridine rings is 3. The summed E-state index contributed by atoms with van der Waals surface area (Å²) in [6.45, 7) is 0. The molecule has 0 spiro atoms. The molecule has 6 heteroatoms. The van der Waals surface area contributed by atoms with Gasteiger partial charge in [-0.3, -0.25) is 15.0 Å². The maximum absolute atomic E-state index is 4.55. The molecule has 0 fully saturated rings. The lowest BCUT2D eigenvalue weighted by molar-refractivity contribution is 1.10. The van der Waals surface area contributed by atoms with Crippen molar-refractivity contribution in [2.45, 2.75) is 0 Å². The first-order valence-electron chi connectivity index (χ1n) is 23.5. The van der Waals surface area contributed by atoms with Gasteiger partial charge in [-0.1, -0.05) is 91.0 Å². The van der Waals surface area contributed by atoms with Crippen LogP contribution in [0.3, 0.4) is 0 Å². The maximum atomic E-state index is 4.55. The van der Waals surface area contributed by atoms with Crippen molar-refractivity contribution in [1.29, 1.82) is 0 Å². The van der Waals surface area contributed by atoms with E-state index in [1.807, 2.05) is 55.4 Å². The van der Waals surface area contributed by atoms with Crippen molar-refractivity contribution in [3.63, 3.8) is 0 Å². The highest BCUT2D eigenvalue weighted by Crippen LogP contribution is 2.46. The van der Waals surface area contributed by atoms with E-state index in [9.17, 15) is 0 Å². The second-order valence-corrected chi connectivity index (χ2v) is 18.5. The Labute approximate surface area is 394 Å². The van der Waals surface area contributed by atoms with E-state index in [2.05, 4.69) is 192 Å². The maximum Gasteiger partial charge on any atom is 0.0553 e. The van der Waals surface area contributed by atoms with Crippen molar-refractivity contribution in [2.75, 3.05) is 0 Å². The van der Waals surface area contributed by atoms with Crippen LogP contribution in [0.4, 0.5) is 0 Å². The molecule has 0 amide bonds. The van der Waals surface area contributed by atoms with Crippen molar-refractivity contribution in [3.05, 3.63) is 219 Å². The summed E-state index contributed by atoms with van der Waals surface area (Å²) >= 11 is 0. The highest BCUT2D eigenvalue weighted by Gasteiger charge is 2.24. The average molecular weight is 877 g/mol. The zero-order valence-electron chi connectivity index (χ0n) is 37.0.